The molecule has 0 saturated heterocycles. The first kappa shape index (κ1) is 17.1. The van der Waals surface area contributed by atoms with Crippen LogP contribution in [0.25, 0.3) is 10.6 Å². The van der Waals surface area contributed by atoms with Crippen LogP contribution in [-0.2, 0) is 6.42 Å². The molecule has 1 unspecified atom stereocenters. The van der Waals surface area contributed by atoms with Gasteiger partial charge in [-0.05, 0) is 50.5 Å². The van der Waals surface area contributed by atoms with E-state index in [0.29, 0.717) is 5.13 Å². The Morgan fingerprint density at radius 2 is 2.08 bits per heavy atom. The molecule has 1 atom stereocenters. The van der Waals surface area contributed by atoms with E-state index in [2.05, 4.69) is 15.6 Å². The number of nitrogens with zero attached hydrogens (tertiary/aromatic N) is 2. The van der Waals surface area contributed by atoms with Crippen molar-refractivity contribution < 1.29 is 9.18 Å². The zero-order chi connectivity index (χ0) is 18.1. The largest absolute Gasteiger partial charge is 0.329 e. The van der Waals surface area contributed by atoms with Gasteiger partial charge in [-0.1, -0.05) is 0 Å². The minimum absolute atomic E-state index is 0.120. The first-order valence-corrected chi connectivity index (χ1v) is 10.0. The molecule has 0 radical (unpaired) electrons. The van der Waals surface area contributed by atoms with Gasteiger partial charge in [0.15, 0.2) is 5.13 Å². The lowest BCUT2D eigenvalue weighted by atomic mass is 9.98. The number of anilines is 1. The summed E-state index contributed by atoms with van der Waals surface area (Å²) in [7, 11) is 0. The van der Waals surface area contributed by atoms with E-state index in [4.69, 9.17) is 4.98 Å². The second-order valence-electron chi connectivity index (χ2n) is 6.17. The van der Waals surface area contributed by atoms with Crippen LogP contribution in [-0.4, -0.2) is 16.0 Å². The normalized spacial score (nSPS) is 16.2. The lowest BCUT2D eigenvalue weighted by molar-refractivity contribution is 0.247. The minimum Gasteiger partial charge on any atom is -0.329 e. The number of hydrogen-bond acceptors (Lipinski definition) is 5. The highest BCUT2D eigenvalue weighted by molar-refractivity contribution is 7.15. The Morgan fingerprint density at radius 1 is 1.27 bits per heavy atom. The van der Waals surface area contributed by atoms with Crippen LogP contribution in [0.15, 0.2) is 29.6 Å². The summed E-state index contributed by atoms with van der Waals surface area (Å²) in [4.78, 5) is 22.5. The Morgan fingerprint density at radius 3 is 2.81 bits per heavy atom. The SMILES string of the molecule is Cc1csc(NC(=O)NC2CCCc3sc(-c4ccc(F)cc4)nc32)n1. The molecular weight excluding hydrogens is 371 g/mol. The summed E-state index contributed by atoms with van der Waals surface area (Å²) in [5.74, 6) is -0.260. The van der Waals surface area contributed by atoms with Crippen molar-refractivity contribution in [2.24, 2.45) is 0 Å². The van der Waals surface area contributed by atoms with Gasteiger partial charge in [0, 0.05) is 15.8 Å². The number of fused-ring (bicyclic) bond motifs is 1. The molecule has 2 N–H and O–H groups in total. The van der Waals surface area contributed by atoms with Gasteiger partial charge in [0.1, 0.15) is 10.8 Å². The molecule has 2 heterocycles. The zero-order valence-corrected chi connectivity index (χ0v) is 15.7. The molecule has 0 fully saturated rings. The summed E-state index contributed by atoms with van der Waals surface area (Å²) >= 11 is 3.02. The maximum absolute atomic E-state index is 13.1. The van der Waals surface area contributed by atoms with E-state index in [1.165, 1.54) is 28.3 Å². The van der Waals surface area contributed by atoms with Crippen LogP contribution in [0.2, 0.25) is 0 Å². The lowest BCUT2D eigenvalue weighted by Gasteiger charge is -2.22. The third kappa shape index (κ3) is 3.61. The second kappa shape index (κ2) is 7.13. The number of urea groups is 1. The number of carbonyl (C=O) groups excluding carboxylic acids is 1. The smallest absolute Gasteiger partial charge is 0.321 e. The molecule has 0 bridgehead atoms. The van der Waals surface area contributed by atoms with E-state index in [9.17, 15) is 9.18 Å². The highest BCUT2D eigenvalue weighted by atomic mass is 32.1. The molecule has 5 nitrogen and oxygen atoms in total. The number of aryl methyl sites for hydroxylation is 2. The van der Waals surface area contributed by atoms with Gasteiger partial charge >= 0.3 is 6.03 Å². The quantitative estimate of drug-likeness (QED) is 0.670. The Bertz CT molecular complexity index is 935. The first-order chi connectivity index (χ1) is 12.6. The fourth-order valence-corrected chi connectivity index (χ4v) is 4.83. The fourth-order valence-electron chi connectivity index (χ4n) is 2.98. The maximum atomic E-state index is 13.1. The molecule has 2 aromatic heterocycles. The number of halogens is 1. The molecule has 134 valence electrons. The van der Waals surface area contributed by atoms with Gasteiger partial charge in [-0.2, -0.15) is 0 Å². The molecule has 1 aliphatic carbocycles. The average molecular weight is 388 g/mol. The van der Waals surface area contributed by atoms with Crippen molar-refractivity contribution in [1.82, 2.24) is 15.3 Å². The number of aromatic nitrogens is 2. The number of thiazole rings is 2. The fraction of sp³-hybridized carbons (Fsp3) is 0.278. The van der Waals surface area contributed by atoms with E-state index >= 15 is 0 Å². The van der Waals surface area contributed by atoms with Crippen LogP contribution in [0.1, 0.15) is 35.1 Å². The van der Waals surface area contributed by atoms with Crippen LogP contribution < -0.4 is 10.6 Å². The molecule has 4 rings (SSSR count). The molecule has 0 spiro atoms. The maximum Gasteiger partial charge on any atom is 0.321 e. The zero-order valence-electron chi connectivity index (χ0n) is 14.1. The highest BCUT2D eigenvalue weighted by Gasteiger charge is 2.26. The lowest BCUT2D eigenvalue weighted by Crippen LogP contribution is -2.34. The van der Waals surface area contributed by atoms with Crippen molar-refractivity contribution >= 4 is 33.8 Å². The Hall–Kier alpha value is -2.32. The monoisotopic (exact) mass is 388 g/mol. The molecule has 3 aromatic rings. The number of nitrogens with one attached hydrogen (secondary N) is 2. The number of carbonyl (C=O) groups is 1. The average Bonchev–Trinajstić information content (AvgIpc) is 3.22. The van der Waals surface area contributed by atoms with Crippen LogP contribution in [0.3, 0.4) is 0 Å². The molecule has 2 amide bonds. The van der Waals surface area contributed by atoms with E-state index in [1.807, 2.05) is 12.3 Å². The van der Waals surface area contributed by atoms with Gasteiger partial charge < -0.3 is 5.32 Å². The summed E-state index contributed by atoms with van der Waals surface area (Å²) in [5.41, 5.74) is 2.70. The summed E-state index contributed by atoms with van der Waals surface area (Å²) < 4.78 is 13.1. The van der Waals surface area contributed by atoms with Crippen LogP contribution in [0, 0.1) is 12.7 Å². The van der Waals surface area contributed by atoms with Crippen LogP contribution >= 0.6 is 22.7 Å². The van der Waals surface area contributed by atoms with Gasteiger partial charge in [0.05, 0.1) is 17.4 Å². The van der Waals surface area contributed by atoms with Crippen molar-refractivity contribution in [3.63, 3.8) is 0 Å². The summed E-state index contributed by atoms with van der Waals surface area (Å²) in [5, 5.41) is 9.12. The number of rotatable bonds is 3. The molecule has 0 aliphatic heterocycles. The number of amides is 2. The molecule has 8 heteroatoms. The Labute approximate surface area is 158 Å². The topological polar surface area (TPSA) is 66.9 Å². The van der Waals surface area contributed by atoms with Crippen molar-refractivity contribution in [2.45, 2.75) is 32.2 Å². The predicted octanol–water partition coefficient (Wildman–Crippen LogP) is 4.91. The number of hydrogen-bond donors (Lipinski definition) is 2. The van der Waals surface area contributed by atoms with Crippen LogP contribution in [0.4, 0.5) is 14.3 Å². The summed E-state index contributed by atoms with van der Waals surface area (Å²) in [6, 6.07) is 5.96. The molecular formula is C18H17FN4OS2. The third-order valence-corrected chi connectivity index (χ3v) is 6.25. The third-order valence-electron chi connectivity index (χ3n) is 4.19. The molecule has 1 aromatic carbocycles. The number of benzene rings is 1. The van der Waals surface area contributed by atoms with Crippen molar-refractivity contribution in [2.75, 3.05) is 5.32 Å². The van der Waals surface area contributed by atoms with Crippen molar-refractivity contribution in [1.29, 1.82) is 0 Å². The van der Waals surface area contributed by atoms with Gasteiger partial charge in [0.25, 0.3) is 0 Å². The highest BCUT2D eigenvalue weighted by Crippen LogP contribution is 2.37. The van der Waals surface area contributed by atoms with E-state index < -0.39 is 0 Å². The van der Waals surface area contributed by atoms with E-state index in [-0.39, 0.29) is 17.9 Å². The first-order valence-electron chi connectivity index (χ1n) is 8.33. The van der Waals surface area contributed by atoms with Gasteiger partial charge in [-0.15, -0.1) is 22.7 Å². The van der Waals surface area contributed by atoms with Crippen molar-refractivity contribution in [3.8, 4) is 10.6 Å². The Balaban J connectivity index is 1.51. The minimum atomic E-state index is -0.270. The van der Waals surface area contributed by atoms with Crippen molar-refractivity contribution in [3.05, 3.63) is 51.7 Å². The second-order valence-corrected chi connectivity index (χ2v) is 8.11. The Kier molecular flexibility index (Phi) is 4.69. The molecule has 1 aliphatic rings. The molecule has 0 saturated carbocycles. The van der Waals surface area contributed by atoms with Crippen LogP contribution in [0.5, 0.6) is 0 Å². The van der Waals surface area contributed by atoms with E-state index in [0.717, 1.165) is 41.2 Å². The summed E-state index contributed by atoms with van der Waals surface area (Å²) in [6.07, 6.45) is 2.81. The van der Waals surface area contributed by atoms with E-state index in [1.54, 1.807) is 23.5 Å². The summed E-state index contributed by atoms with van der Waals surface area (Å²) in [6.45, 7) is 1.89. The van der Waals surface area contributed by atoms with Gasteiger partial charge in [-0.3, -0.25) is 5.32 Å². The predicted molar refractivity (Wildman–Crippen MR) is 102 cm³/mol. The van der Waals surface area contributed by atoms with Gasteiger partial charge in [0.2, 0.25) is 0 Å². The molecule has 26 heavy (non-hydrogen) atoms. The standard InChI is InChI=1S/C18H17FN4OS2/c1-10-9-25-18(20-10)23-17(24)21-13-3-2-4-14-15(13)22-16(26-14)11-5-7-12(19)8-6-11/h5-9,13H,2-4H2,1H3,(H2,20,21,23,24). The van der Waals surface area contributed by atoms with Gasteiger partial charge in [-0.25, -0.2) is 19.2 Å².